The molecule has 2 aliphatic rings. The van der Waals surface area contributed by atoms with Crippen LogP contribution in [-0.2, 0) is 25.8 Å². The van der Waals surface area contributed by atoms with Crippen molar-refractivity contribution in [1.29, 1.82) is 0 Å². The molecular weight excluding hydrogens is 476 g/mol. The van der Waals surface area contributed by atoms with Crippen molar-refractivity contribution >= 4 is 9.84 Å². The standard InChI is InChI=1S/C33H30O3S/c1-3-4-17-30-31(37(34,35)27-22-20-24(2)21-23-27)33(26-15-9-6-10-16-26)29-19-12-11-18-28(29)32(30,36-33)25-13-7-5-8-14-25/h5-16,18-23H,3-4,17H2,1-2H3. The molecule has 0 saturated carbocycles. The summed E-state index contributed by atoms with van der Waals surface area (Å²) in [5.74, 6) is 0. The number of sulfone groups is 1. The zero-order valence-corrected chi connectivity index (χ0v) is 22.0. The Bertz CT molecular complexity index is 1590. The number of unbranched alkanes of at least 4 members (excludes halogenated alkanes) is 1. The van der Waals surface area contributed by atoms with Crippen LogP contribution in [0.1, 0.15) is 54.0 Å². The van der Waals surface area contributed by atoms with Gasteiger partial charge in [0.05, 0.1) is 9.80 Å². The first kappa shape index (κ1) is 23.9. The summed E-state index contributed by atoms with van der Waals surface area (Å²) in [7, 11) is -3.91. The highest BCUT2D eigenvalue weighted by molar-refractivity contribution is 7.95. The Kier molecular flexibility index (Phi) is 5.70. The van der Waals surface area contributed by atoms with E-state index >= 15 is 0 Å². The molecule has 2 heterocycles. The second-order valence-corrected chi connectivity index (χ2v) is 11.9. The molecule has 0 aliphatic carbocycles. The minimum Gasteiger partial charge on any atom is -0.340 e. The Labute approximate surface area is 219 Å². The molecule has 4 aromatic carbocycles. The lowest BCUT2D eigenvalue weighted by molar-refractivity contribution is -0.0309. The van der Waals surface area contributed by atoms with Crippen LogP contribution in [0.25, 0.3) is 0 Å². The van der Waals surface area contributed by atoms with Crippen molar-refractivity contribution in [3.05, 3.63) is 147 Å². The minimum atomic E-state index is -3.91. The van der Waals surface area contributed by atoms with Gasteiger partial charge in [0.2, 0.25) is 9.84 Å². The second kappa shape index (κ2) is 8.83. The monoisotopic (exact) mass is 506 g/mol. The fraction of sp³-hybridized carbons (Fsp3) is 0.212. The number of ether oxygens (including phenoxy) is 1. The number of aryl methyl sites for hydroxylation is 1. The van der Waals surface area contributed by atoms with E-state index in [0.29, 0.717) is 16.2 Å². The highest BCUT2D eigenvalue weighted by atomic mass is 32.2. The summed E-state index contributed by atoms with van der Waals surface area (Å²) in [6.45, 7) is 4.11. The molecule has 37 heavy (non-hydrogen) atoms. The highest BCUT2D eigenvalue weighted by Crippen LogP contribution is 2.68. The number of hydrogen-bond acceptors (Lipinski definition) is 3. The van der Waals surface area contributed by atoms with Crippen LogP contribution in [0.3, 0.4) is 0 Å². The minimum absolute atomic E-state index is 0.300. The predicted octanol–water partition coefficient (Wildman–Crippen LogP) is 7.44. The van der Waals surface area contributed by atoms with Gasteiger partial charge in [0.25, 0.3) is 0 Å². The smallest absolute Gasteiger partial charge is 0.206 e. The Morgan fingerprint density at radius 1 is 0.676 bits per heavy atom. The van der Waals surface area contributed by atoms with Gasteiger partial charge in [-0.1, -0.05) is 116 Å². The third-order valence-corrected chi connectivity index (χ3v) is 9.72. The van der Waals surface area contributed by atoms with Crippen LogP contribution < -0.4 is 0 Å². The van der Waals surface area contributed by atoms with Crippen molar-refractivity contribution in [2.75, 3.05) is 0 Å². The number of benzene rings is 4. The second-order valence-electron chi connectivity index (χ2n) is 9.97. The molecule has 0 saturated heterocycles. The molecule has 4 aromatic rings. The average Bonchev–Trinajstić information content (AvgIpc) is 3.43. The number of fused-ring (bicyclic) bond motifs is 5. The average molecular weight is 507 g/mol. The zero-order chi connectivity index (χ0) is 25.7. The lowest BCUT2D eigenvalue weighted by atomic mass is 9.71. The Morgan fingerprint density at radius 2 is 1.19 bits per heavy atom. The van der Waals surface area contributed by atoms with E-state index in [9.17, 15) is 8.42 Å². The van der Waals surface area contributed by atoms with E-state index in [-0.39, 0.29) is 0 Å². The Balaban J connectivity index is 1.77. The lowest BCUT2D eigenvalue weighted by Crippen LogP contribution is -2.32. The number of hydrogen-bond donors (Lipinski definition) is 0. The van der Waals surface area contributed by atoms with Crippen LogP contribution in [-0.4, -0.2) is 8.42 Å². The maximum Gasteiger partial charge on any atom is 0.206 e. The molecular formula is C33H30O3S. The maximum absolute atomic E-state index is 14.7. The molecule has 2 bridgehead atoms. The summed E-state index contributed by atoms with van der Waals surface area (Å²) in [6, 6.07) is 35.3. The van der Waals surface area contributed by atoms with E-state index in [1.54, 1.807) is 12.1 Å². The molecule has 2 atom stereocenters. The van der Waals surface area contributed by atoms with Crippen LogP contribution in [0.5, 0.6) is 0 Å². The summed E-state index contributed by atoms with van der Waals surface area (Å²) >= 11 is 0. The van der Waals surface area contributed by atoms with Gasteiger partial charge in [-0.25, -0.2) is 8.42 Å². The summed E-state index contributed by atoms with van der Waals surface area (Å²) in [5, 5.41) is 0. The van der Waals surface area contributed by atoms with Gasteiger partial charge in [-0.2, -0.15) is 0 Å². The summed E-state index contributed by atoms with van der Waals surface area (Å²) in [5.41, 5.74) is 3.37. The zero-order valence-electron chi connectivity index (χ0n) is 21.1. The fourth-order valence-corrected chi connectivity index (χ4v) is 8.06. The first-order valence-corrected chi connectivity index (χ1v) is 14.4. The molecule has 0 N–H and O–H groups in total. The Morgan fingerprint density at radius 3 is 1.76 bits per heavy atom. The highest BCUT2D eigenvalue weighted by Gasteiger charge is 2.67. The van der Waals surface area contributed by atoms with E-state index < -0.39 is 21.0 Å². The van der Waals surface area contributed by atoms with Crippen LogP contribution in [0.2, 0.25) is 0 Å². The number of rotatable bonds is 7. The van der Waals surface area contributed by atoms with Crippen LogP contribution >= 0.6 is 0 Å². The van der Waals surface area contributed by atoms with E-state index in [2.05, 4.69) is 25.1 Å². The van der Waals surface area contributed by atoms with E-state index in [1.807, 2.05) is 85.8 Å². The van der Waals surface area contributed by atoms with Crippen molar-refractivity contribution in [2.45, 2.75) is 49.2 Å². The first-order valence-electron chi connectivity index (χ1n) is 12.9. The van der Waals surface area contributed by atoms with Crippen LogP contribution in [0, 0.1) is 6.92 Å². The van der Waals surface area contributed by atoms with Crippen molar-refractivity contribution in [1.82, 2.24) is 0 Å². The van der Waals surface area contributed by atoms with Gasteiger partial charge in [0.1, 0.15) is 5.60 Å². The summed E-state index contributed by atoms with van der Waals surface area (Å²) in [6.07, 6.45) is 2.45. The van der Waals surface area contributed by atoms with Gasteiger partial charge in [-0.3, -0.25) is 0 Å². The molecule has 0 fully saturated rings. The largest absolute Gasteiger partial charge is 0.340 e. The third-order valence-electron chi connectivity index (χ3n) is 7.75. The van der Waals surface area contributed by atoms with Crippen molar-refractivity contribution in [3.8, 4) is 0 Å². The van der Waals surface area contributed by atoms with Crippen LogP contribution in [0.4, 0.5) is 0 Å². The quantitative estimate of drug-likeness (QED) is 0.262. The van der Waals surface area contributed by atoms with Gasteiger partial charge in [0, 0.05) is 5.56 Å². The molecule has 6 rings (SSSR count). The van der Waals surface area contributed by atoms with Gasteiger partial charge in [0.15, 0.2) is 5.60 Å². The van der Waals surface area contributed by atoms with Gasteiger partial charge >= 0.3 is 0 Å². The maximum atomic E-state index is 14.7. The van der Waals surface area contributed by atoms with E-state index in [1.165, 1.54) is 0 Å². The molecule has 4 heteroatoms. The third kappa shape index (κ3) is 3.32. The molecule has 0 amide bonds. The molecule has 0 aromatic heterocycles. The first-order chi connectivity index (χ1) is 18.0. The van der Waals surface area contributed by atoms with Crippen LogP contribution in [0.15, 0.2) is 125 Å². The SMILES string of the molecule is CCCCC1=C(S(=O)(=O)c2ccc(C)cc2)C2(c3ccccc3)OC1(c1ccccc1)c1ccccc12. The summed E-state index contributed by atoms with van der Waals surface area (Å²) < 4.78 is 36.8. The topological polar surface area (TPSA) is 43.4 Å². The van der Waals surface area contributed by atoms with Crippen molar-refractivity contribution < 1.29 is 13.2 Å². The molecule has 3 nitrogen and oxygen atoms in total. The fourth-order valence-electron chi connectivity index (χ4n) is 6.11. The Hall–Kier alpha value is -3.47. The normalized spacial score (nSPS) is 22.3. The van der Waals surface area contributed by atoms with Crippen molar-refractivity contribution in [3.63, 3.8) is 0 Å². The van der Waals surface area contributed by atoms with Gasteiger partial charge in [-0.15, -0.1) is 0 Å². The molecule has 0 radical (unpaired) electrons. The van der Waals surface area contributed by atoms with Crippen molar-refractivity contribution in [2.24, 2.45) is 0 Å². The van der Waals surface area contributed by atoms with E-state index in [4.69, 9.17) is 4.74 Å². The van der Waals surface area contributed by atoms with E-state index in [0.717, 1.165) is 46.2 Å². The predicted molar refractivity (Wildman–Crippen MR) is 147 cm³/mol. The lowest BCUT2D eigenvalue weighted by Gasteiger charge is -2.32. The summed E-state index contributed by atoms with van der Waals surface area (Å²) in [4.78, 5) is 0.681. The molecule has 186 valence electrons. The van der Waals surface area contributed by atoms with Gasteiger partial charge < -0.3 is 4.74 Å². The molecule has 2 unspecified atom stereocenters. The molecule has 0 spiro atoms. The molecule has 2 aliphatic heterocycles. The van der Waals surface area contributed by atoms with Gasteiger partial charge in [-0.05, 0) is 54.2 Å².